The molecule has 3 unspecified atom stereocenters. The Balaban J connectivity index is 2.92. The van der Waals surface area contributed by atoms with Crippen molar-refractivity contribution in [2.45, 2.75) is 25.9 Å². The summed E-state index contributed by atoms with van der Waals surface area (Å²) >= 11 is 0. The van der Waals surface area contributed by atoms with Gasteiger partial charge in [0.1, 0.15) is 0 Å². The molecule has 0 aromatic heterocycles. The molecule has 16 heavy (non-hydrogen) atoms. The molecule has 92 valence electrons. The lowest BCUT2D eigenvalue weighted by atomic mass is 9.94. The van der Waals surface area contributed by atoms with Crippen LogP contribution in [0.4, 0.5) is 0 Å². The first-order valence-corrected chi connectivity index (χ1v) is 7.62. The molecule has 3 atom stereocenters. The molecule has 6 heteroatoms. The number of esters is 2. The zero-order valence-electron chi connectivity index (χ0n) is 10.3. The van der Waals surface area contributed by atoms with Crippen LogP contribution in [-0.2, 0) is 23.2 Å². The fourth-order valence-electron chi connectivity index (χ4n) is 2.03. The lowest BCUT2D eigenvalue weighted by Gasteiger charge is -2.32. The normalized spacial score (nSPS) is 28.1. The minimum Gasteiger partial charge on any atom is -0.398 e. The van der Waals surface area contributed by atoms with Gasteiger partial charge in [0.25, 0.3) is 0 Å². The SMILES string of the molecule is CO[Si](C)(OC)C(C)C1C(=O)OC(=O)C1C. The van der Waals surface area contributed by atoms with Crippen LogP contribution in [0.5, 0.6) is 0 Å². The Morgan fingerprint density at radius 1 is 1.25 bits per heavy atom. The second kappa shape index (κ2) is 4.64. The third-order valence-corrected chi connectivity index (χ3v) is 7.19. The van der Waals surface area contributed by atoms with Gasteiger partial charge in [0, 0.05) is 19.8 Å². The lowest BCUT2D eigenvalue weighted by molar-refractivity contribution is -0.153. The molecule has 0 aromatic carbocycles. The highest BCUT2D eigenvalue weighted by molar-refractivity contribution is 6.67. The van der Waals surface area contributed by atoms with Crippen molar-refractivity contribution < 1.29 is 23.2 Å². The molecule has 5 nitrogen and oxygen atoms in total. The Labute approximate surface area is 96.3 Å². The van der Waals surface area contributed by atoms with Crippen molar-refractivity contribution in [3.8, 4) is 0 Å². The highest BCUT2D eigenvalue weighted by atomic mass is 28.4. The fraction of sp³-hybridized carbons (Fsp3) is 0.800. The summed E-state index contributed by atoms with van der Waals surface area (Å²) in [7, 11) is 0.705. The monoisotopic (exact) mass is 246 g/mol. The van der Waals surface area contributed by atoms with Crippen LogP contribution in [0.2, 0.25) is 12.1 Å². The van der Waals surface area contributed by atoms with Gasteiger partial charge >= 0.3 is 20.5 Å². The van der Waals surface area contributed by atoms with Crippen LogP contribution in [0.25, 0.3) is 0 Å². The number of carbonyl (C=O) groups is 2. The smallest absolute Gasteiger partial charge is 0.338 e. The Hall–Kier alpha value is -0.723. The quantitative estimate of drug-likeness (QED) is 0.422. The van der Waals surface area contributed by atoms with Crippen molar-refractivity contribution >= 4 is 20.5 Å². The topological polar surface area (TPSA) is 61.8 Å². The van der Waals surface area contributed by atoms with E-state index in [0.717, 1.165) is 0 Å². The highest BCUT2D eigenvalue weighted by Gasteiger charge is 2.52. The predicted octanol–water partition coefficient (Wildman–Crippen LogP) is 1.08. The van der Waals surface area contributed by atoms with Crippen molar-refractivity contribution in [2.75, 3.05) is 14.2 Å². The van der Waals surface area contributed by atoms with Gasteiger partial charge in [0.05, 0.1) is 11.8 Å². The molecule has 0 aromatic rings. The average Bonchev–Trinajstić information content (AvgIpc) is 2.51. The Bertz CT molecular complexity index is 300. The number of ether oxygens (including phenoxy) is 1. The van der Waals surface area contributed by atoms with E-state index in [1.54, 1.807) is 21.1 Å². The number of hydrogen-bond acceptors (Lipinski definition) is 5. The van der Waals surface area contributed by atoms with Crippen LogP contribution >= 0.6 is 0 Å². The minimum absolute atomic E-state index is 0.128. The van der Waals surface area contributed by atoms with E-state index in [1.807, 2.05) is 13.5 Å². The number of hydrogen-bond donors (Lipinski definition) is 0. The number of rotatable bonds is 4. The van der Waals surface area contributed by atoms with Crippen molar-refractivity contribution in [1.29, 1.82) is 0 Å². The molecular formula is C10H18O5Si. The zero-order chi connectivity index (χ0) is 12.5. The van der Waals surface area contributed by atoms with Crippen molar-refractivity contribution in [3.05, 3.63) is 0 Å². The summed E-state index contributed by atoms with van der Waals surface area (Å²) in [6.07, 6.45) is 0. The molecule has 1 saturated heterocycles. The third-order valence-electron chi connectivity index (χ3n) is 3.56. The standard InChI is InChI=1S/C10H18O5Si/c1-6-8(10(12)15-9(6)11)7(2)16(5,13-3)14-4/h6-8H,1-5H3. The number of cyclic esters (lactones) is 2. The third kappa shape index (κ3) is 2.05. The predicted molar refractivity (Wildman–Crippen MR) is 58.8 cm³/mol. The van der Waals surface area contributed by atoms with Crippen molar-refractivity contribution in [1.82, 2.24) is 0 Å². The first-order chi connectivity index (χ1) is 7.37. The van der Waals surface area contributed by atoms with E-state index in [0.29, 0.717) is 0 Å². The van der Waals surface area contributed by atoms with E-state index in [-0.39, 0.29) is 5.54 Å². The van der Waals surface area contributed by atoms with Gasteiger partial charge in [0.2, 0.25) is 0 Å². The molecule has 0 bridgehead atoms. The first kappa shape index (κ1) is 13.3. The van der Waals surface area contributed by atoms with Gasteiger partial charge in [-0.05, 0) is 6.55 Å². The van der Waals surface area contributed by atoms with E-state index in [4.69, 9.17) is 8.85 Å². The minimum atomic E-state index is -2.43. The van der Waals surface area contributed by atoms with E-state index in [2.05, 4.69) is 4.74 Å². The van der Waals surface area contributed by atoms with Crippen LogP contribution in [0.15, 0.2) is 0 Å². The molecule has 0 saturated carbocycles. The molecule has 1 rings (SSSR count). The Morgan fingerprint density at radius 2 is 1.75 bits per heavy atom. The van der Waals surface area contributed by atoms with Gasteiger partial charge in [-0.3, -0.25) is 9.59 Å². The van der Waals surface area contributed by atoms with E-state index < -0.39 is 32.3 Å². The van der Waals surface area contributed by atoms with Gasteiger partial charge in [-0.2, -0.15) is 0 Å². The maximum atomic E-state index is 11.6. The summed E-state index contributed by atoms with van der Waals surface area (Å²) in [5.41, 5.74) is -0.128. The van der Waals surface area contributed by atoms with Crippen LogP contribution in [0, 0.1) is 11.8 Å². The van der Waals surface area contributed by atoms with Crippen molar-refractivity contribution in [2.24, 2.45) is 11.8 Å². The zero-order valence-corrected chi connectivity index (χ0v) is 11.3. The summed E-state index contributed by atoms with van der Waals surface area (Å²) in [6, 6.07) is 0. The molecule has 0 aliphatic carbocycles. The van der Waals surface area contributed by atoms with Crippen LogP contribution in [-0.4, -0.2) is 34.7 Å². The molecule has 0 N–H and O–H groups in total. The number of carbonyl (C=O) groups excluding carboxylic acids is 2. The molecular weight excluding hydrogens is 228 g/mol. The molecule has 1 fully saturated rings. The average molecular weight is 246 g/mol. The summed E-state index contributed by atoms with van der Waals surface area (Å²) in [6.45, 7) is 5.45. The van der Waals surface area contributed by atoms with Gasteiger partial charge in [-0.15, -0.1) is 0 Å². The second-order valence-corrected chi connectivity index (χ2v) is 8.03. The fourth-order valence-corrected chi connectivity index (χ4v) is 4.02. The Morgan fingerprint density at radius 3 is 2.06 bits per heavy atom. The molecule has 1 aliphatic heterocycles. The van der Waals surface area contributed by atoms with E-state index in [1.165, 1.54) is 0 Å². The molecule has 1 heterocycles. The summed E-state index contributed by atoms with van der Waals surface area (Å²) in [4.78, 5) is 22.9. The van der Waals surface area contributed by atoms with Crippen LogP contribution in [0.3, 0.4) is 0 Å². The van der Waals surface area contributed by atoms with E-state index >= 15 is 0 Å². The van der Waals surface area contributed by atoms with Gasteiger partial charge in [0.15, 0.2) is 0 Å². The highest BCUT2D eigenvalue weighted by Crippen LogP contribution is 2.39. The first-order valence-electron chi connectivity index (χ1n) is 5.23. The van der Waals surface area contributed by atoms with Crippen molar-refractivity contribution in [3.63, 3.8) is 0 Å². The van der Waals surface area contributed by atoms with Crippen LogP contribution < -0.4 is 0 Å². The maximum absolute atomic E-state index is 11.6. The van der Waals surface area contributed by atoms with Gasteiger partial charge in [-0.1, -0.05) is 13.8 Å². The molecule has 0 spiro atoms. The summed E-state index contributed by atoms with van der Waals surface area (Å²) in [5, 5.41) is 0. The van der Waals surface area contributed by atoms with Gasteiger partial charge < -0.3 is 13.6 Å². The molecule has 0 amide bonds. The lowest BCUT2D eigenvalue weighted by Crippen LogP contribution is -2.45. The van der Waals surface area contributed by atoms with Gasteiger partial charge in [-0.25, -0.2) is 0 Å². The largest absolute Gasteiger partial charge is 0.398 e. The van der Waals surface area contributed by atoms with E-state index in [9.17, 15) is 9.59 Å². The Kier molecular flexibility index (Phi) is 3.87. The summed E-state index contributed by atoms with van der Waals surface area (Å²) < 4.78 is 15.4. The summed E-state index contributed by atoms with van der Waals surface area (Å²) in [5.74, 6) is -1.79. The van der Waals surface area contributed by atoms with Crippen LogP contribution in [0.1, 0.15) is 13.8 Å². The second-order valence-electron chi connectivity index (χ2n) is 4.27. The molecule has 1 aliphatic rings. The maximum Gasteiger partial charge on any atom is 0.338 e. The molecule has 0 radical (unpaired) electrons.